The zero-order chi connectivity index (χ0) is 22.3. The third kappa shape index (κ3) is 5.45. The standard InChI is InChI=1S/C25H30N4O3/c26-16-18-6-8-19(9-7-18)23(25(30)31)29-14-12-22(17-29)32-15-2-1-5-21-11-10-20-4-3-13-27-24(20)28-21/h6-11,22-23H,1-5,12-15,17H2,(H,27,28)(H,30,31)/t22-,23-/m1/s1. The number of aliphatic carboxylic acids is 1. The molecule has 168 valence electrons. The van der Waals surface area contributed by atoms with Crippen molar-refractivity contribution in [3.63, 3.8) is 0 Å². The van der Waals surface area contributed by atoms with Crippen LogP contribution in [0.2, 0.25) is 0 Å². The van der Waals surface area contributed by atoms with Crippen LogP contribution in [0.1, 0.15) is 54.1 Å². The molecule has 3 heterocycles. The van der Waals surface area contributed by atoms with E-state index in [9.17, 15) is 9.90 Å². The molecule has 1 aromatic heterocycles. The Balaban J connectivity index is 1.21. The molecule has 2 atom stereocenters. The highest BCUT2D eigenvalue weighted by Crippen LogP contribution is 2.27. The number of nitrogens with zero attached hydrogens (tertiary/aromatic N) is 3. The summed E-state index contributed by atoms with van der Waals surface area (Å²) < 4.78 is 6.05. The average molecular weight is 435 g/mol. The molecule has 1 aromatic carbocycles. The molecule has 4 rings (SSSR count). The topological polar surface area (TPSA) is 98.5 Å². The Kier molecular flexibility index (Phi) is 7.35. The number of carbonyl (C=O) groups is 1. The van der Waals surface area contributed by atoms with Gasteiger partial charge in [0.1, 0.15) is 11.9 Å². The lowest BCUT2D eigenvalue weighted by atomic mass is 10.0. The van der Waals surface area contributed by atoms with Gasteiger partial charge in [0.15, 0.2) is 0 Å². The van der Waals surface area contributed by atoms with Crippen LogP contribution in [0, 0.1) is 11.3 Å². The minimum Gasteiger partial charge on any atom is -0.480 e. The monoisotopic (exact) mass is 434 g/mol. The van der Waals surface area contributed by atoms with E-state index in [2.05, 4.69) is 23.5 Å². The number of aromatic nitrogens is 1. The van der Waals surface area contributed by atoms with Gasteiger partial charge in [0.05, 0.1) is 17.7 Å². The third-order valence-electron chi connectivity index (χ3n) is 6.26. The molecule has 1 saturated heterocycles. The normalized spacial score (nSPS) is 19.0. The quantitative estimate of drug-likeness (QED) is 0.582. The number of aryl methyl sites for hydroxylation is 2. The number of carboxylic acid groups (broad SMARTS) is 1. The second-order valence-electron chi connectivity index (χ2n) is 8.55. The number of ether oxygens (including phenoxy) is 1. The number of anilines is 1. The fourth-order valence-corrected chi connectivity index (χ4v) is 4.54. The summed E-state index contributed by atoms with van der Waals surface area (Å²) in [6, 6.07) is 12.5. The van der Waals surface area contributed by atoms with Gasteiger partial charge in [0.25, 0.3) is 0 Å². The number of nitrogens with one attached hydrogen (secondary N) is 1. The first-order chi connectivity index (χ1) is 15.6. The molecule has 0 saturated carbocycles. The molecule has 0 spiro atoms. The van der Waals surface area contributed by atoms with Crippen LogP contribution in [0.4, 0.5) is 5.82 Å². The van der Waals surface area contributed by atoms with Crippen LogP contribution < -0.4 is 5.32 Å². The lowest BCUT2D eigenvalue weighted by molar-refractivity contribution is -0.143. The third-order valence-corrected chi connectivity index (χ3v) is 6.26. The molecule has 2 aromatic rings. The van der Waals surface area contributed by atoms with Crippen molar-refractivity contribution in [3.8, 4) is 6.07 Å². The Bertz CT molecular complexity index is 970. The molecule has 2 N–H and O–H groups in total. The molecular formula is C25H30N4O3. The van der Waals surface area contributed by atoms with E-state index in [4.69, 9.17) is 15.0 Å². The Hall–Kier alpha value is -2.95. The van der Waals surface area contributed by atoms with Gasteiger partial charge in [-0.3, -0.25) is 9.69 Å². The molecule has 0 bridgehead atoms. The zero-order valence-electron chi connectivity index (χ0n) is 18.3. The van der Waals surface area contributed by atoms with Crippen LogP contribution in [-0.4, -0.2) is 53.3 Å². The summed E-state index contributed by atoms with van der Waals surface area (Å²) in [5, 5.41) is 22.1. The van der Waals surface area contributed by atoms with E-state index in [-0.39, 0.29) is 6.10 Å². The Morgan fingerprint density at radius 3 is 2.91 bits per heavy atom. The predicted molar refractivity (Wildman–Crippen MR) is 121 cm³/mol. The van der Waals surface area contributed by atoms with Crippen LogP contribution in [0.5, 0.6) is 0 Å². The van der Waals surface area contributed by atoms with Gasteiger partial charge in [-0.2, -0.15) is 5.26 Å². The van der Waals surface area contributed by atoms with Crippen LogP contribution in [0.15, 0.2) is 36.4 Å². The van der Waals surface area contributed by atoms with E-state index < -0.39 is 12.0 Å². The van der Waals surface area contributed by atoms with Gasteiger partial charge < -0.3 is 15.2 Å². The summed E-state index contributed by atoms with van der Waals surface area (Å²) in [5.41, 5.74) is 3.67. The predicted octanol–water partition coefficient (Wildman–Crippen LogP) is 3.55. The van der Waals surface area contributed by atoms with Crippen molar-refractivity contribution in [2.75, 3.05) is 31.6 Å². The first-order valence-electron chi connectivity index (χ1n) is 11.5. The smallest absolute Gasteiger partial charge is 0.325 e. The van der Waals surface area contributed by atoms with Gasteiger partial charge in [0, 0.05) is 31.9 Å². The second kappa shape index (κ2) is 10.6. The van der Waals surface area contributed by atoms with Gasteiger partial charge >= 0.3 is 5.97 Å². The van der Waals surface area contributed by atoms with E-state index in [1.807, 2.05) is 4.90 Å². The van der Waals surface area contributed by atoms with Gasteiger partial charge in [-0.1, -0.05) is 18.2 Å². The van der Waals surface area contributed by atoms with Crippen molar-refractivity contribution in [1.82, 2.24) is 9.88 Å². The fraction of sp³-hybridized carbons (Fsp3) is 0.480. The number of likely N-dealkylation sites (tertiary alicyclic amines) is 1. The van der Waals surface area contributed by atoms with Crippen molar-refractivity contribution >= 4 is 11.8 Å². The molecule has 0 radical (unpaired) electrons. The van der Waals surface area contributed by atoms with Crippen molar-refractivity contribution < 1.29 is 14.6 Å². The summed E-state index contributed by atoms with van der Waals surface area (Å²) in [6.45, 7) is 2.97. The van der Waals surface area contributed by atoms with Crippen LogP contribution in [0.25, 0.3) is 0 Å². The number of pyridine rings is 1. The van der Waals surface area contributed by atoms with Gasteiger partial charge in [-0.25, -0.2) is 4.98 Å². The van der Waals surface area contributed by atoms with Crippen molar-refractivity contribution in [2.45, 2.75) is 50.7 Å². The van der Waals surface area contributed by atoms with Gasteiger partial charge in [-0.05, 0) is 67.9 Å². The first-order valence-corrected chi connectivity index (χ1v) is 11.5. The molecule has 1 fully saturated rings. The van der Waals surface area contributed by atoms with Gasteiger partial charge in [-0.15, -0.1) is 0 Å². The maximum atomic E-state index is 11.9. The average Bonchev–Trinajstić information content (AvgIpc) is 3.27. The van der Waals surface area contributed by atoms with E-state index in [0.29, 0.717) is 30.8 Å². The molecule has 2 aliphatic rings. The van der Waals surface area contributed by atoms with Crippen molar-refractivity contribution in [3.05, 3.63) is 58.8 Å². The minimum atomic E-state index is -0.873. The maximum Gasteiger partial charge on any atom is 0.325 e. The number of unbranched alkanes of at least 4 members (excludes halogenated alkanes) is 1. The molecular weight excluding hydrogens is 404 g/mol. The number of benzene rings is 1. The Labute approximate surface area is 189 Å². The summed E-state index contributed by atoms with van der Waals surface area (Å²) in [7, 11) is 0. The highest BCUT2D eigenvalue weighted by Gasteiger charge is 2.33. The lowest BCUT2D eigenvalue weighted by Gasteiger charge is -2.24. The largest absolute Gasteiger partial charge is 0.480 e. The molecule has 7 heteroatoms. The second-order valence-corrected chi connectivity index (χ2v) is 8.55. The molecule has 0 amide bonds. The molecule has 7 nitrogen and oxygen atoms in total. The molecule has 2 aliphatic heterocycles. The lowest BCUT2D eigenvalue weighted by Crippen LogP contribution is -2.33. The van der Waals surface area contributed by atoms with Crippen LogP contribution in [0.3, 0.4) is 0 Å². The highest BCUT2D eigenvalue weighted by molar-refractivity contribution is 5.75. The van der Waals surface area contributed by atoms with E-state index in [0.717, 1.165) is 50.2 Å². The summed E-state index contributed by atoms with van der Waals surface area (Å²) in [4.78, 5) is 18.6. The number of hydrogen-bond donors (Lipinski definition) is 2. The molecule has 32 heavy (non-hydrogen) atoms. The molecule has 0 unspecified atom stereocenters. The number of hydrogen-bond acceptors (Lipinski definition) is 6. The summed E-state index contributed by atoms with van der Waals surface area (Å²) in [6.07, 6.45) is 6.08. The van der Waals surface area contributed by atoms with E-state index in [1.165, 1.54) is 12.0 Å². The van der Waals surface area contributed by atoms with Crippen LogP contribution >= 0.6 is 0 Å². The number of nitriles is 1. The maximum absolute atomic E-state index is 11.9. The molecule has 0 aliphatic carbocycles. The first kappa shape index (κ1) is 22.3. The number of fused-ring (bicyclic) bond motifs is 1. The van der Waals surface area contributed by atoms with E-state index >= 15 is 0 Å². The SMILES string of the molecule is N#Cc1ccc([C@H](C(=O)O)N2CC[C@@H](OCCCCc3ccc4c(n3)NCCC4)C2)cc1. The number of carboxylic acids is 1. The summed E-state index contributed by atoms with van der Waals surface area (Å²) >= 11 is 0. The fourth-order valence-electron chi connectivity index (χ4n) is 4.54. The Morgan fingerprint density at radius 2 is 2.12 bits per heavy atom. The van der Waals surface area contributed by atoms with Gasteiger partial charge in [0.2, 0.25) is 0 Å². The van der Waals surface area contributed by atoms with Crippen molar-refractivity contribution in [1.29, 1.82) is 5.26 Å². The highest BCUT2D eigenvalue weighted by atomic mass is 16.5. The Morgan fingerprint density at radius 1 is 1.28 bits per heavy atom. The number of rotatable bonds is 9. The van der Waals surface area contributed by atoms with Crippen molar-refractivity contribution in [2.24, 2.45) is 0 Å². The zero-order valence-corrected chi connectivity index (χ0v) is 18.3. The van der Waals surface area contributed by atoms with E-state index in [1.54, 1.807) is 24.3 Å². The minimum absolute atomic E-state index is 0.0568. The summed E-state index contributed by atoms with van der Waals surface area (Å²) in [5.74, 6) is 0.175. The van der Waals surface area contributed by atoms with Crippen LogP contribution in [-0.2, 0) is 22.4 Å².